The molecule has 3 aromatic rings. The van der Waals surface area contributed by atoms with E-state index in [9.17, 15) is 0 Å². The van der Waals surface area contributed by atoms with E-state index in [0.717, 1.165) is 48.2 Å². The van der Waals surface area contributed by atoms with Gasteiger partial charge in [-0.3, -0.25) is 9.88 Å². The van der Waals surface area contributed by atoms with Gasteiger partial charge in [0.05, 0.1) is 18.4 Å². The van der Waals surface area contributed by atoms with E-state index in [1.54, 1.807) is 18.4 Å². The Morgan fingerprint density at radius 1 is 1.27 bits per heavy atom. The first kappa shape index (κ1) is 17.1. The molecule has 0 saturated carbocycles. The Morgan fingerprint density at radius 2 is 2.19 bits per heavy atom. The average molecular weight is 366 g/mol. The van der Waals surface area contributed by atoms with Crippen LogP contribution >= 0.6 is 11.3 Å². The van der Waals surface area contributed by atoms with E-state index in [0.29, 0.717) is 6.04 Å². The molecule has 0 amide bonds. The summed E-state index contributed by atoms with van der Waals surface area (Å²) in [6.45, 7) is 3.78. The zero-order valence-corrected chi connectivity index (χ0v) is 15.6. The lowest BCUT2D eigenvalue weighted by molar-refractivity contribution is 0.152. The number of para-hydroxylation sites is 1. The molecular weight excluding hydrogens is 344 g/mol. The smallest absolute Gasteiger partial charge is 0.129 e. The first-order valence-electron chi connectivity index (χ1n) is 8.77. The standard InChI is InChI=1S/C20H22N4OS/c1-25-19-7-3-2-6-17(19)20-23-16(14-26-20)13-24-10-9-22-12-18(24)15-5-4-8-21-11-15/h2-8,11,14,18,22H,9-10,12-13H2,1H3. The molecule has 4 rings (SSSR count). The van der Waals surface area contributed by atoms with Crippen LogP contribution in [0.4, 0.5) is 0 Å². The fourth-order valence-corrected chi connectivity index (χ4v) is 4.21. The number of benzene rings is 1. The van der Waals surface area contributed by atoms with Crippen LogP contribution in [0.15, 0.2) is 54.2 Å². The minimum absolute atomic E-state index is 0.328. The molecule has 0 bridgehead atoms. The van der Waals surface area contributed by atoms with Crippen molar-refractivity contribution in [2.45, 2.75) is 12.6 Å². The quantitative estimate of drug-likeness (QED) is 0.750. The van der Waals surface area contributed by atoms with Gasteiger partial charge in [-0.25, -0.2) is 4.98 Å². The number of nitrogens with one attached hydrogen (secondary N) is 1. The zero-order valence-electron chi connectivity index (χ0n) is 14.8. The number of aromatic nitrogens is 2. The van der Waals surface area contributed by atoms with E-state index in [1.165, 1.54) is 5.56 Å². The van der Waals surface area contributed by atoms with Crippen molar-refractivity contribution in [2.24, 2.45) is 0 Å². The predicted molar refractivity (Wildman–Crippen MR) is 104 cm³/mol. The van der Waals surface area contributed by atoms with Crippen molar-refractivity contribution in [1.82, 2.24) is 20.2 Å². The van der Waals surface area contributed by atoms with Gasteiger partial charge < -0.3 is 10.1 Å². The summed E-state index contributed by atoms with van der Waals surface area (Å²) in [6.07, 6.45) is 3.79. The van der Waals surface area contributed by atoms with E-state index in [2.05, 4.69) is 32.7 Å². The van der Waals surface area contributed by atoms with Crippen molar-refractivity contribution in [2.75, 3.05) is 26.7 Å². The van der Waals surface area contributed by atoms with Crippen LogP contribution in [-0.2, 0) is 6.54 Å². The number of pyridine rings is 1. The van der Waals surface area contributed by atoms with Crippen LogP contribution in [0.25, 0.3) is 10.6 Å². The van der Waals surface area contributed by atoms with Crippen molar-refractivity contribution in [1.29, 1.82) is 0 Å². The number of rotatable bonds is 5. The molecule has 6 heteroatoms. The summed E-state index contributed by atoms with van der Waals surface area (Å²) in [4.78, 5) is 11.6. The Labute approximate surface area is 157 Å². The lowest BCUT2D eigenvalue weighted by atomic mass is 10.1. The Hall–Kier alpha value is -2.28. The summed E-state index contributed by atoms with van der Waals surface area (Å²) < 4.78 is 5.47. The molecule has 2 aromatic heterocycles. The fourth-order valence-electron chi connectivity index (χ4n) is 3.37. The second kappa shape index (κ2) is 7.95. The Kier molecular flexibility index (Phi) is 5.24. The van der Waals surface area contributed by atoms with Crippen LogP contribution in [0.2, 0.25) is 0 Å². The molecule has 1 unspecified atom stereocenters. The SMILES string of the molecule is COc1ccccc1-c1nc(CN2CCNCC2c2cccnc2)cs1. The molecule has 1 atom stereocenters. The highest BCUT2D eigenvalue weighted by Gasteiger charge is 2.24. The minimum atomic E-state index is 0.328. The maximum absolute atomic E-state index is 5.47. The van der Waals surface area contributed by atoms with E-state index in [1.807, 2.05) is 36.7 Å². The van der Waals surface area contributed by atoms with Crippen LogP contribution in [0.1, 0.15) is 17.3 Å². The summed E-state index contributed by atoms with van der Waals surface area (Å²) in [5, 5.41) is 6.65. The maximum Gasteiger partial charge on any atom is 0.129 e. The zero-order chi connectivity index (χ0) is 17.8. The van der Waals surface area contributed by atoms with Gasteiger partial charge in [0, 0.05) is 50.0 Å². The summed E-state index contributed by atoms with van der Waals surface area (Å²) >= 11 is 1.67. The molecule has 0 spiro atoms. The lowest BCUT2D eigenvalue weighted by Crippen LogP contribution is -2.45. The summed E-state index contributed by atoms with van der Waals surface area (Å²) in [5.41, 5.74) is 3.40. The number of hydrogen-bond donors (Lipinski definition) is 1. The van der Waals surface area contributed by atoms with Crippen LogP contribution < -0.4 is 10.1 Å². The minimum Gasteiger partial charge on any atom is -0.496 e. The monoisotopic (exact) mass is 366 g/mol. The lowest BCUT2D eigenvalue weighted by Gasteiger charge is -2.35. The molecular formula is C20H22N4OS. The van der Waals surface area contributed by atoms with Crippen molar-refractivity contribution in [3.63, 3.8) is 0 Å². The van der Waals surface area contributed by atoms with E-state index in [-0.39, 0.29) is 0 Å². The van der Waals surface area contributed by atoms with Gasteiger partial charge in [0.1, 0.15) is 10.8 Å². The summed E-state index contributed by atoms with van der Waals surface area (Å²) in [6, 6.07) is 12.5. The van der Waals surface area contributed by atoms with E-state index < -0.39 is 0 Å². The second-order valence-corrected chi connectivity index (χ2v) is 7.18. The van der Waals surface area contributed by atoms with Crippen molar-refractivity contribution in [3.8, 4) is 16.3 Å². The van der Waals surface area contributed by atoms with Crippen LogP contribution in [0.5, 0.6) is 5.75 Å². The molecule has 1 saturated heterocycles. The Morgan fingerprint density at radius 3 is 3.04 bits per heavy atom. The van der Waals surface area contributed by atoms with Gasteiger partial charge in [-0.2, -0.15) is 0 Å². The van der Waals surface area contributed by atoms with Gasteiger partial charge >= 0.3 is 0 Å². The average Bonchev–Trinajstić information content (AvgIpc) is 3.17. The predicted octanol–water partition coefficient (Wildman–Crippen LogP) is 3.36. The van der Waals surface area contributed by atoms with Crippen molar-refractivity contribution in [3.05, 3.63) is 65.4 Å². The molecule has 1 fully saturated rings. The Bertz CT molecular complexity index is 852. The molecule has 1 N–H and O–H groups in total. The fraction of sp³-hybridized carbons (Fsp3) is 0.300. The third kappa shape index (κ3) is 3.62. The van der Waals surface area contributed by atoms with Gasteiger partial charge in [0.15, 0.2) is 0 Å². The molecule has 134 valence electrons. The maximum atomic E-state index is 5.47. The normalized spacial score (nSPS) is 18.0. The molecule has 0 radical (unpaired) electrons. The van der Waals surface area contributed by atoms with Crippen LogP contribution in [0, 0.1) is 0 Å². The molecule has 0 aliphatic carbocycles. The highest BCUT2D eigenvalue weighted by molar-refractivity contribution is 7.13. The number of piperazine rings is 1. The van der Waals surface area contributed by atoms with Gasteiger partial charge in [-0.1, -0.05) is 18.2 Å². The number of thiazole rings is 1. The number of ether oxygens (including phenoxy) is 1. The highest BCUT2D eigenvalue weighted by atomic mass is 32.1. The van der Waals surface area contributed by atoms with E-state index in [4.69, 9.17) is 9.72 Å². The molecule has 1 aromatic carbocycles. The van der Waals surface area contributed by atoms with Gasteiger partial charge in [-0.05, 0) is 23.8 Å². The van der Waals surface area contributed by atoms with Gasteiger partial charge in [-0.15, -0.1) is 11.3 Å². The first-order chi connectivity index (χ1) is 12.8. The summed E-state index contributed by atoms with van der Waals surface area (Å²) in [5.74, 6) is 0.865. The number of nitrogens with zero attached hydrogens (tertiary/aromatic N) is 3. The molecule has 1 aliphatic heterocycles. The highest BCUT2D eigenvalue weighted by Crippen LogP contribution is 2.32. The molecule has 1 aliphatic rings. The first-order valence-corrected chi connectivity index (χ1v) is 9.65. The van der Waals surface area contributed by atoms with Crippen molar-refractivity contribution >= 4 is 11.3 Å². The van der Waals surface area contributed by atoms with Crippen LogP contribution in [0.3, 0.4) is 0 Å². The van der Waals surface area contributed by atoms with Gasteiger partial charge in [0.2, 0.25) is 0 Å². The summed E-state index contributed by atoms with van der Waals surface area (Å²) in [7, 11) is 1.70. The Balaban J connectivity index is 1.54. The molecule has 5 nitrogen and oxygen atoms in total. The van der Waals surface area contributed by atoms with E-state index >= 15 is 0 Å². The van der Waals surface area contributed by atoms with Gasteiger partial charge in [0.25, 0.3) is 0 Å². The second-order valence-electron chi connectivity index (χ2n) is 6.32. The number of hydrogen-bond acceptors (Lipinski definition) is 6. The molecule has 26 heavy (non-hydrogen) atoms. The third-order valence-corrected chi connectivity index (χ3v) is 5.60. The largest absolute Gasteiger partial charge is 0.496 e. The topological polar surface area (TPSA) is 50.3 Å². The van der Waals surface area contributed by atoms with Crippen molar-refractivity contribution < 1.29 is 4.74 Å². The van der Waals surface area contributed by atoms with Crippen LogP contribution in [-0.4, -0.2) is 41.6 Å². The number of methoxy groups -OCH3 is 1. The molecule has 3 heterocycles. The third-order valence-electron chi connectivity index (χ3n) is 4.68.